The molecule has 3 aromatic rings. The number of rotatable bonds is 4. The van der Waals surface area contributed by atoms with E-state index in [2.05, 4.69) is 4.98 Å². The van der Waals surface area contributed by atoms with Crippen molar-refractivity contribution in [2.45, 2.75) is 25.4 Å². The number of benzene rings is 2. The molecule has 3 heterocycles. The van der Waals surface area contributed by atoms with Crippen molar-refractivity contribution in [1.29, 1.82) is 0 Å². The van der Waals surface area contributed by atoms with Gasteiger partial charge in [0.2, 0.25) is 5.91 Å². The number of piperidine rings is 1. The Balaban J connectivity index is 1.22. The Morgan fingerprint density at radius 1 is 0.939 bits per heavy atom. The first-order valence-corrected chi connectivity index (χ1v) is 10.9. The number of imide groups is 1. The maximum atomic E-state index is 12.9. The smallest absolute Gasteiger partial charge is 0.332 e. The lowest BCUT2D eigenvalue weighted by Crippen LogP contribution is -2.49. The number of urea groups is 1. The van der Waals surface area contributed by atoms with Gasteiger partial charge in [-0.25, -0.2) is 14.7 Å². The number of anilines is 1. The average molecular weight is 445 g/mol. The first-order valence-electron chi connectivity index (χ1n) is 10.9. The van der Waals surface area contributed by atoms with E-state index in [0.717, 1.165) is 0 Å². The highest BCUT2D eigenvalue weighted by Gasteiger charge is 2.41. The molecule has 33 heavy (non-hydrogen) atoms. The highest BCUT2D eigenvalue weighted by Crippen LogP contribution is 2.26. The molecule has 9 nitrogen and oxygen atoms in total. The number of amides is 4. The number of para-hydroxylation sites is 2. The van der Waals surface area contributed by atoms with Gasteiger partial charge in [0.1, 0.15) is 13.1 Å². The van der Waals surface area contributed by atoms with Gasteiger partial charge in [-0.1, -0.05) is 30.3 Å². The van der Waals surface area contributed by atoms with E-state index in [-0.39, 0.29) is 42.5 Å². The summed E-state index contributed by atoms with van der Waals surface area (Å²) in [7, 11) is 0. The van der Waals surface area contributed by atoms with Crippen molar-refractivity contribution in [2.24, 2.45) is 0 Å². The lowest BCUT2D eigenvalue weighted by atomic mass is 10.0. The molecule has 1 aromatic heterocycles. The van der Waals surface area contributed by atoms with Crippen molar-refractivity contribution in [1.82, 2.24) is 19.4 Å². The third-order valence-electron chi connectivity index (χ3n) is 6.30. The van der Waals surface area contributed by atoms with Crippen LogP contribution in [0.3, 0.4) is 0 Å². The average Bonchev–Trinajstić information content (AvgIpc) is 3.15. The summed E-state index contributed by atoms with van der Waals surface area (Å²) < 4.78 is 1.33. The molecule has 4 amide bonds. The van der Waals surface area contributed by atoms with Crippen molar-refractivity contribution >= 4 is 34.4 Å². The normalized spacial score (nSPS) is 17.3. The number of carbonyl (C=O) groups is 3. The highest BCUT2D eigenvalue weighted by atomic mass is 16.2. The largest absolute Gasteiger partial charge is 0.341 e. The first-order chi connectivity index (χ1) is 16.0. The number of fused-ring (bicyclic) bond motifs is 1. The summed E-state index contributed by atoms with van der Waals surface area (Å²) in [6, 6.07) is 15.5. The van der Waals surface area contributed by atoms with Crippen LogP contribution in [0.2, 0.25) is 0 Å². The van der Waals surface area contributed by atoms with E-state index >= 15 is 0 Å². The van der Waals surface area contributed by atoms with Crippen LogP contribution in [0.25, 0.3) is 10.9 Å². The molecule has 0 N–H and O–H groups in total. The molecule has 2 aliphatic heterocycles. The minimum atomic E-state index is -0.315. The van der Waals surface area contributed by atoms with E-state index in [0.29, 0.717) is 42.5 Å². The molecule has 0 atom stereocenters. The molecule has 2 aromatic carbocycles. The number of carbonyl (C=O) groups excluding carboxylic acids is 3. The van der Waals surface area contributed by atoms with Crippen molar-refractivity contribution < 1.29 is 14.4 Å². The van der Waals surface area contributed by atoms with Gasteiger partial charge in [0.25, 0.3) is 11.5 Å². The van der Waals surface area contributed by atoms with Gasteiger partial charge in [0.05, 0.1) is 22.9 Å². The van der Waals surface area contributed by atoms with Gasteiger partial charge in [0.15, 0.2) is 0 Å². The number of likely N-dealkylation sites (tertiary alicyclic amines) is 1. The fourth-order valence-electron chi connectivity index (χ4n) is 4.53. The minimum Gasteiger partial charge on any atom is -0.341 e. The van der Waals surface area contributed by atoms with Gasteiger partial charge in [-0.2, -0.15) is 0 Å². The van der Waals surface area contributed by atoms with E-state index < -0.39 is 0 Å². The Morgan fingerprint density at radius 2 is 1.64 bits per heavy atom. The zero-order valence-corrected chi connectivity index (χ0v) is 18.0. The molecule has 0 bridgehead atoms. The second-order valence-electron chi connectivity index (χ2n) is 8.28. The minimum absolute atomic E-state index is 0.0461. The van der Waals surface area contributed by atoms with Crippen LogP contribution in [-0.2, 0) is 16.1 Å². The van der Waals surface area contributed by atoms with Crippen LogP contribution in [0.5, 0.6) is 0 Å². The predicted molar refractivity (Wildman–Crippen MR) is 122 cm³/mol. The molecule has 168 valence electrons. The summed E-state index contributed by atoms with van der Waals surface area (Å²) in [5.74, 6) is -0.407. The van der Waals surface area contributed by atoms with E-state index in [1.165, 1.54) is 15.8 Å². The molecule has 9 heteroatoms. The summed E-state index contributed by atoms with van der Waals surface area (Å²) in [5, 5.41) is 0.478. The van der Waals surface area contributed by atoms with Crippen LogP contribution in [0.15, 0.2) is 65.7 Å². The molecule has 0 spiro atoms. The van der Waals surface area contributed by atoms with Crippen molar-refractivity contribution in [3.63, 3.8) is 0 Å². The van der Waals surface area contributed by atoms with E-state index in [1.54, 1.807) is 52.3 Å². The fraction of sp³-hybridized carbons (Fsp3) is 0.292. The van der Waals surface area contributed by atoms with Crippen molar-refractivity contribution in [3.05, 3.63) is 71.3 Å². The van der Waals surface area contributed by atoms with Gasteiger partial charge < -0.3 is 9.80 Å². The van der Waals surface area contributed by atoms with Crippen LogP contribution in [-0.4, -0.2) is 62.9 Å². The van der Waals surface area contributed by atoms with Crippen molar-refractivity contribution in [2.75, 3.05) is 24.5 Å². The van der Waals surface area contributed by atoms with Gasteiger partial charge in [0, 0.05) is 19.1 Å². The van der Waals surface area contributed by atoms with Gasteiger partial charge in [-0.15, -0.1) is 0 Å². The molecular formula is C24H23N5O4. The molecule has 0 radical (unpaired) electrons. The zero-order chi connectivity index (χ0) is 22.9. The van der Waals surface area contributed by atoms with Crippen molar-refractivity contribution in [3.8, 4) is 0 Å². The number of nitrogens with zero attached hydrogens (tertiary/aromatic N) is 5. The SMILES string of the molecule is O=C(Cn1cnc2ccccc2c1=O)N1CCC(N2CC(=O)N(c3ccccc3)C2=O)CC1. The third-order valence-corrected chi connectivity index (χ3v) is 6.30. The highest BCUT2D eigenvalue weighted by molar-refractivity contribution is 6.19. The Labute approximate surface area is 189 Å². The van der Waals surface area contributed by atoms with Crippen LogP contribution < -0.4 is 10.5 Å². The molecule has 5 rings (SSSR count). The molecule has 2 saturated heterocycles. The Morgan fingerprint density at radius 3 is 2.39 bits per heavy atom. The summed E-state index contributed by atoms with van der Waals surface area (Å²) in [6.07, 6.45) is 2.57. The lowest BCUT2D eigenvalue weighted by Gasteiger charge is -2.36. The number of hydrogen-bond acceptors (Lipinski definition) is 5. The number of aromatic nitrogens is 2. The van der Waals surface area contributed by atoms with E-state index in [4.69, 9.17) is 0 Å². The van der Waals surface area contributed by atoms with Crippen LogP contribution in [0.1, 0.15) is 12.8 Å². The summed E-state index contributed by atoms with van der Waals surface area (Å²) in [4.78, 5) is 59.7. The first kappa shape index (κ1) is 20.9. The Bertz CT molecular complexity index is 1280. The standard InChI is InChI=1S/C24H23N5O4/c30-21(14-27-16-25-20-9-5-4-8-19(20)23(27)32)26-12-10-17(11-13-26)28-15-22(31)29(24(28)33)18-6-2-1-3-7-18/h1-9,16-17H,10-15H2. The summed E-state index contributed by atoms with van der Waals surface area (Å²) >= 11 is 0. The molecule has 2 aliphatic rings. The van der Waals surface area contributed by atoms with Crippen LogP contribution in [0.4, 0.5) is 10.5 Å². The molecular weight excluding hydrogens is 422 g/mol. The topological polar surface area (TPSA) is 95.8 Å². The summed E-state index contributed by atoms with van der Waals surface area (Å²) in [6.45, 7) is 0.889. The van der Waals surface area contributed by atoms with Crippen LogP contribution in [0, 0.1) is 0 Å². The maximum Gasteiger partial charge on any atom is 0.332 e. The van der Waals surface area contributed by atoms with Gasteiger partial charge in [-0.05, 0) is 37.1 Å². The predicted octanol–water partition coefficient (Wildman–Crippen LogP) is 1.86. The molecule has 2 fully saturated rings. The van der Waals surface area contributed by atoms with Crippen LogP contribution >= 0.6 is 0 Å². The Hall–Kier alpha value is -4.01. The summed E-state index contributed by atoms with van der Waals surface area (Å²) in [5.41, 5.74) is 0.921. The third kappa shape index (κ3) is 3.86. The second-order valence-corrected chi connectivity index (χ2v) is 8.28. The molecule has 0 unspecified atom stereocenters. The Kier molecular flexibility index (Phi) is 5.37. The maximum absolute atomic E-state index is 12.9. The zero-order valence-electron chi connectivity index (χ0n) is 18.0. The second kappa shape index (κ2) is 8.50. The quantitative estimate of drug-likeness (QED) is 0.571. The lowest BCUT2D eigenvalue weighted by molar-refractivity contribution is -0.133. The molecule has 0 aliphatic carbocycles. The monoisotopic (exact) mass is 445 g/mol. The molecule has 0 saturated carbocycles. The van der Waals surface area contributed by atoms with Gasteiger partial charge in [-0.3, -0.25) is 19.0 Å². The fourth-order valence-corrected chi connectivity index (χ4v) is 4.53. The van der Waals surface area contributed by atoms with Gasteiger partial charge >= 0.3 is 6.03 Å². The van der Waals surface area contributed by atoms with E-state index in [9.17, 15) is 19.2 Å². The number of hydrogen-bond donors (Lipinski definition) is 0. The van der Waals surface area contributed by atoms with E-state index in [1.807, 2.05) is 12.1 Å².